The Kier molecular flexibility index (Phi) is 4.61. The van der Waals surface area contributed by atoms with Crippen LogP contribution in [0.25, 0.3) is 11.3 Å². The Hall–Kier alpha value is -1.95. The van der Waals surface area contributed by atoms with Gasteiger partial charge in [0.2, 0.25) is 5.95 Å². The quantitative estimate of drug-likeness (QED) is 0.908. The van der Waals surface area contributed by atoms with Gasteiger partial charge in [-0.1, -0.05) is 13.8 Å². The van der Waals surface area contributed by atoms with Crippen LogP contribution in [0.4, 0.5) is 5.95 Å². The summed E-state index contributed by atoms with van der Waals surface area (Å²) in [6.07, 6.45) is 4.09. The highest BCUT2D eigenvalue weighted by Crippen LogP contribution is 2.29. The Morgan fingerprint density at radius 2 is 2.04 bits per heavy atom. The van der Waals surface area contributed by atoms with Crippen molar-refractivity contribution in [2.24, 2.45) is 0 Å². The maximum Gasteiger partial charge on any atom is 0.223 e. The van der Waals surface area contributed by atoms with Gasteiger partial charge in [0.1, 0.15) is 0 Å². The third kappa shape index (κ3) is 3.52. The molecule has 0 atom stereocenters. The van der Waals surface area contributed by atoms with Gasteiger partial charge in [0.05, 0.1) is 11.4 Å². The summed E-state index contributed by atoms with van der Waals surface area (Å²) in [7, 11) is 2.17. The molecule has 0 aliphatic carbocycles. The number of H-pyrrole nitrogens is 1. The Balaban J connectivity index is 1.82. The van der Waals surface area contributed by atoms with Crippen molar-refractivity contribution in [2.45, 2.75) is 45.6 Å². The Labute approximate surface area is 137 Å². The minimum Gasteiger partial charge on any atom is -0.351 e. The number of rotatable bonds is 4. The van der Waals surface area contributed by atoms with E-state index in [1.54, 1.807) is 0 Å². The molecule has 0 aromatic carbocycles. The second-order valence-electron chi connectivity index (χ2n) is 6.75. The lowest BCUT2D eigenvalue weighted by Gasteiger charge is -2.29. The normalized spacial score (nSPS) is 16.9. The molecule has 0 saturated carbocycles. The van der Waals surface area contributed by atoms with Gasteiger partial charge in [0.25, 0.3) is 0 Å². The Morgan fingerprint density at radius 3 is 2.74 bits per heavy atom. The fourth-order valence-electron chi connectivity index (χ4n) is 3.09. The fraction of sp³-hybridized carbons (Fsp3) is 0.588. The van der Waals surface area contributed by atoms with Crippen LogP contribution in [0.5, 0.6) is 0 Å². The number of piperidine rings is 1. The standard InChI is InChI=1S/C17H26N6/c1-11(2)16-15(12(3)21-22-16)14-5-8-18-17(20-14)19-13-6-9-23(4)10-7-13/h5,8,11,13H,6-7,9-10H2,1-4H3,(H,21,22)(H,18,19,20). The number of likely N-dealkylation sites (tertiary alicyclic amines) is 1. The average Bonchev–Trinajstić information content (AvgIpc) is 2.92. The van der Waals surface area contributed by atoms with Crippen molar-refractivity contribution >= 4 is 5.95 Å². The van der Waals surface area contributed by atoms with Gasteiger partial charge >= 0.3 is 0 Å². The molecular formula is C17H26N6. The summed E-state index contributed by atoms with van der Waals surface area (Å²) in [6.45, 7) is 8.59. The Morgan fingerprint density at radius 1 is 1.30 bits per heavy atom. The van der Waals surface area contributed by atoms with Crippen molar-refractivity contribution in [2.75, 3.05) is 25.5 Å². The lowest BCUT2D eigenvalue weighted by atomic mass is 10.0. The van der Waals surface area contributed by atoms with E-state index in [9.17, 15) is 0 Å². The maximum atomic E-state index is 4.74. The zero-order valence-corrected chi connectivity index (χ0v) is 14.4. The zero-order chi connectivity index (χ0) is 16.4. The zero-order valence-electron chi connectivity index (χ0n) is 14.4. The topological polar surface area (TPSA) is 69.7 Å². The number of hydrogen-bond acceptors (Lipinski definition) is 5. The van der Waals surface area contributed by atoms with Crippen molar-refractivity contribution in [1.29, 1.82) is 0 Å². The van der Waals surface area contributed by atoms with E-state index in [2.05, 4.69) is 46.3 Å². The van der Waals surface area contributed by atoms with Crippen LogP contribution in [0, 0.1) is 6.92 Å². The smallest absolute Gasteiger partial charge is 0.223 e. The van der Waals surface area contributed by atoms with Gasteiger partial charge in [0.15, 0.2) is 0 Å². The van der Waals surface area contributed by atoms with E-state index in [1.807, 2.05) is 19.2 Å². The van der Waals surface area contributed by atoms with Gasteiger partial charge in [-0.2, -0.15) is 5.10 Å². The first kappa shape index (κ1) is 15.9. The van der Waals surface area contributed by atoms with Crippen LogP contribution in [0.2, 0.25) is 0 Å². The van der Waals surface area contributed by atoms with E-state index in [0.717, 1.165) is 48.6 Å². The molecule has 2 N–H and O–H groups in total. The van der Waals surface area contributed by atoms with E-state index < -0.39 is 0 Å². The first-order valence-electron chi connectivity index (χ1n) is 8.38. The van der Waals surface area contributed by atoms with Gasteiger partial charge in [-0.3, -0.25) is 5.10 Å². The average molecular weight is 314 g/mol. The third-order valence-electron chi connectivity index (χ3n) is 4.49. The number of aromatic nitrogens is 4. The van der Waals surface area contributed by atoms with Gasteiger partial charge in [-0.05, 0) is 51.9 Å². The second kappa shape index (κ2) is 6.66. The molecule has 1 fully saturated rings. The molecule has 1 aliphatic rings. The van der Waals surface area contributed by atoms with Crippen molar-refractivity contribution < 1.29 is 0 Å². The van der Waals surface area contributed by atoms with E-state index in [0.29, 0.717) is 17.9 Å². The molecule has 2 aromatic heterocycles. The number of aromatic amines is 1. The Bertz CT molecular complexity index is 655. The summed E-state index contributed by atoms with van der Waals surface area (Å²) >= 11 is 0. The highest BCUT2D eigenvalue weighted by atomic mass is 15.2. The van der Waals surface area contributed by atoms with Crippen LogP contribution in [-0.4, -0.2) is 51.2 Å². The second-order valence-corrected chi connectivity index (χ2v) is 6.75. The summed E-state index contributed by atoms with van der Waals surface area (Å²) in [4.78, 5) is 11.5. The summed E-state index contributed by atoms with van der Waals surface area (Å²) in [5.41, 5.74) is 4.16. The summed E-state index contributed by atoms with van der Waals surface area (Å²) in [5, 5.41) is 11.0. The van der Waals surface area contributed by atoms with E-state index in [-0.39, 0.29) is 0 Å². The lowest BCUT2D eigenvalue weighted by Crippen LogP contribution is -2.37. The molecule has 1 saturated heterocycles. The highest BCUT2D eigenvalue weighted by molar-refractivity contribution is 5.66. The molecule has 0 spiro atoms. The van der Waals surface area contributed by atoms with Crippen molar-refractivity contribution in [3.8, 4) is 11.3 Å². The van der Waals surface area contributed by atoms with Gasteiger partial charge in [-0.25, -0.2) is 9.97 Å². The van der Waals surface area contributed by atoms with E-state index in [4.69, 9.17) is 4.98 Å². The van der Waals surface area contributed by atoms with Crippen LogP contribution in [0.15, 0.2) is 12.3 Å². The molecule has 6 heteroatoms. The molecular weight excluding hydrogens is 288 g/mol. The van der Waals surface area contributed by atoms with Gasteiger partial charge < -0.3 is 10.2 Å². The molecule has 2 aromatic rings. The lowest BCUT2D eigenvalue weighted by molar-refractivity contribution is 0.263. The SMILES string of the molecule is Cc1[nH]nc(C(C)C)c1-c1ccnc(NC2CCN(C)CC2)n1. The van der Waals surface area contributed by atoms with E-state index >= 15 is 0 Å². The molecule has 3 rings (SSSR count). The molecule has 0 radical (unpaired) electrons. The van der Waals surface area contributed by atoms with Crippen LogP contribution in [0.3, 0.4) is 0 Å². The molecule has 0 unspecified atom stereocenters. The number of aryl methyl sites for hydroxylation is 1. The third-order valence-corrected chi connectivity index (χ3v) is 4.49. The van der Waals surface area contributed by atoms with E-state index in [1.165, 1.54) is 0 Å². The van der Waals surface area contributed by atoms with Crippen LogP contribution in [-0.2, 0) is 0 Å². The molecule has 6 nitrogen and oxygen atoms in total. The first-order valence-corrected chi connectivity index (χ1v) is 8.38. The monoisotopic (exact) mass is 314 g/mol. The molecule has 0 amide bonds. The molecule has 124 valence electrons. The van der Waals surface area contributed by atoms with Crippen molar-refractivity contribution in [1.82, 2.24) is 25.1 Å². The maximum absolute atomic E-state index is 4.74. The summed E-state index contributed by atoms with van der Waals surface area (Å²) in [5.74, 6) is 1.07. The van der Waals surface area contributed by atoms with Crippen LogP contribution < -0.4 is 5.32 Å². The van der Waals surface area contributed by atoms with Crippen molar-refractivity contribution in [3.05, 3.63) is 23.7 Å². The van der Waals surface area contributed by atoms with Crippen LogP contribution in [0.1, 0.15) is 44.0 Å². The molecule has 0 bridgehead atoms. The molecule has 23 heavy (non-hydrogen) atoms. The largest absolute Gasteiger partial charge is 0.351 e. The molecule has 1 aliphatic heterocycles. The van der Waals surface area contributed by atoms with Gasteiger partial charge in [0, 0.05) is 23.5 Å². The summed E-state index contributed by atoms with van der Waals surface area (Å²) in [6, 6.07) is 2.42. The fourth-order valence-corrected chi connectivity index (χ4v) is 3.09. The number of hydrogen-bond donors (Lipinski definition) is 2. The minimum atomic E-state index is 0.357. The number of nitrogens with one attached hydrogen (secondary N) is 2. The first-order chi connectivity index (χ1) is 11.0. The van der Waals surface area contributed by atoms with Gasteiger partial charge in [-0.15, -0.1) is 0 Å². The predicted octanol–water partition coefficient (Wildman–Crippen LogP) is 2.80. The molecule has 3 heterocycles. The highest BCUT2D eigenvalue weighted by Gasteiger charge is 2.19. The van der Waals surface area contributed by atoms with Crippen molar-refractivity contribution in [3.63, 3.8) is 0 Å². The summed E-state index contributed by atoms with van der Waals surface area (Å²) < 4.78 is 0. The number of nitrogens with zero attached hydrogens (tertiary/aromatic N) is 4. The predicted molar refractivity (Wildman–Crippen MR) is 92.6 cm³/mol. The minimum absolute atomic E-state index is 0.357. The number of anilines is 1. The van der Waals surface area contributed by atoms with Crippen LogP contribution >= 0.6 is 0 Å².